The molecule has 0 saturated heterocycles. The lowest BCUT2D eigenvalue weighted by Gasteiger charge is -2.17. The van der Waals surface area contributed by atoms with Crippen molar-refractivity contribution in [1.82, 2.24) is 19.7 Å². The van der Waals surface area contributed by atoms with Crippen molar-refractivity contribution < 1.29 is 5.11 Å². The Morgan fingerprint density at radius 1 is 1.37 bits per heavy atom. The molecule has 0 aromatic carbocycles. The zero-order valence-electron chi connectivity index (χ0n) is 11.0. The van der Waals surface area contributed by atoms with Crippen LogP contribution in [0, 0.1) is 5.92 Å². The Morgan fingerprint density at radius 2 is 2.21 bits per heavy atom. The maximum absolute atomic E-state index is 10.1. The number of aliphatic hydroxyl groups is 1. The molecule has 3 rings (SSSR count). The van der Waals surface area contributed by atoms with Crippen molar-refractivity contribution in [2.45, 2.75) is 38.3 Å². The van der Waals surface area contributed by atoms with Crippen molar-refractivity contribution >= 4 is 5.65 Å². The standard InChI is InChI=1S/C14H20N4O/c19-13(11-3-1-2-4-11)9-16-7-12-8-17-14-10-15-5-6-18(12)14/h5-6,8,10-11,13,16,19H,1-4,7,9H2. The summed E-state index contributed by atoms with van der Waals surface area (Å²) in [5.74, 6) is 0.485. The van der Waals surface area contributed by atoms with Crippen molar-refractivity contribution in [3.63, 3.8) is 0 Å². The number of aromatic nitrogens is 3. The average Bonchev–Trinajstić information content (AvgIpc) is 3.08. The Morgan fingerprint density at radius 3 is 3.05 bits per heavy atom. The molecule has 2 heterocycles. The van der Waals surface area contributed by atoms with E-state index in [9.17, 15) is 5.11 Å². The fraction of sp³-hybridized carbons (Fsp3) is 0.571. The molecule has 0 bridgehead atoms. The van der Waals surface area contributed by atoms with Crippen LogP contribution in [0.4, 0.5) is 0 Å². The Hall–Kier alpha value is -1.46. The third-order valence-electron chi connectivity index (χ3n) is 4.00. The zero-order chi connectivity index (χ0) is 13.1. The van der Waals surface area contributed by atoms with Crippen LogP contribution in [0.5, 0.6) is 0 Å². The van der Waals surface area contributed by atoms with Crippen molar-refractivity contribution in [1.29, 1.82) is 0 Å². The number of nitrogens with one attached hydrogen (secondary N) is 1. The molecule has 2 aromatic rings. The summed E-state index contributed by atoms with van der Waals surface area (Å²) in [6.07, 6.45) is 11.9. The minimum absolute atomic E-state index is 0.219. The highest BCUT2D eigenvalue weighted by atomic mass is 16.3. The van der Waals surface area contributed by atoms with Crippen molar-refractivity contribution in [3.05, 3.63) is 30.5 Å². The first-order valence-electron chi connectivity index (χ1n) is 6.99. The highest BCUT2D eigenvalue weighted by Crippen LogP contribution is 2.27. The number of hydrogen-bond donors (Lipinski definition) is 2. The lowest BCUT2D eigenvalue weighted by atomic mass is 10.0. The van der Waals surface area contributed by atoms with E-state index >= 15 is 0 Å². The number of fused-ring (bicyclic) bond motifs is 1. The molecule has 0 spiro atoms. The van der Waals surface area contributed by atoms with Crippen molar-refractivity contribution in [3.8, 4) is 0 Å². The highest BCUT2D eigenvalue weighted by Gasteiger charge is 2.22. The van der Waals surface area contributed by atoms with E-state index in [1.807, 2.05) is 16.8 Å². The van der Waals surface area contributed by atoms with Crippen LogP contribution in [0.15, 0.2) is 24.8 Å². The Labute approximate surface area is 112 Å². The second kappa shape index (κ2) is 5.67. The van der Waals surface area contributed by atoms with E-state index in [1.165, 1.54) is 25.7 Å². The molecule has 2 aromatic heterocycles. The van der Waals surface area contributed by atoms with E-state index in [-0.39, 0.29) is 6.10 Å². The average molecular weight is 260 g/mol. The van der Waals surface area contributed by atoms with Gasteiger partial charge in [0.25, 0.3) is 0 Å². The molecule has 5 nitrogen and oxygen atoms in total. The molecular weight excluding hydrogens is 240 g/mol. The summed E-state index contributed by atoms with van der Waals surface area (Å²) in [5, 5.41) is 13.4. The van der Waals surface area contributed by atoms with E-state index in [0.717, 1.165) is 17.9 Å². The summed E-state index contributed by atoms with van der Waals surface area (Å²) >= 11 is 0. The number of imidazole rings is 1. The van der Waals surface area contributed by atoms with Crippen LogP contribution in [-0.4, -0.2) is 32.1 Å². The quantitative estimate of drug-likeness (QED) is 0.852. The summed E-state index contributed by atoms with van der Waals surface area (Å²) in [6, 6.07) is 0. The first kappa shape index (κ1) is 12.6. The minimum atomic E-state index is -0.219. The normalized spacial score (nSPS) is 18.2. The molecule has 0 amide bonds. The molecule has 1 aliphatic rings. The van der Waals surface area contributed by atoms with E-state index in [4.69, 9.17) is 0 Å². The predicted molar refractivity (Wildman–Crippen MR) is 72.7 cm³/mol. The summed E-state index contributed by atoms with van der Waals surface area (Å²) in [5.41, 5.74) is 1.95. The van der Waals surface area contributed by atoms with Gasteiger partial charge in [-0.15, -0.1) is 0 Å². The van der Waals surface area contributed by atoms with Gasteiger partial charge < -0.3 is 10.4 Å². The van der Waals surface area contributed by atoms with Gasteiger partial charge in [-0.25, -0.2) is 4.98 Å². The first-order valence-corrected chi connectivity index (χ1v) is 6.99. The summed E-state index contributed by atoms with van der Waals surface area (Å²) in [6.45, 7) is 1.37. The summed E-state index contributed by atoms with van der Waals surface area (Å²) < 4.78 is 2.02. The fourth-order valence-corrected chi connectivity index (χ4v) is 2.88. The van der Waals surface area contributed by atoms with Gasteiger partial charge in [0.15, 0.2) is 5.65 Å². The summed E-state index contributed by atoms with van der Waals surface area (Å²) in [7, 11) is 0. The number of aliphatic hydroxyl groups excluding tert-OH is 1. The van der Waals surface area contributed by atoms with Crippen LogP contribution in [0.2, 0.25) is 0 Å². The van der Waals surface area contributed by atoms with Gasteiger partial charge in [0.05, 0.1) is 24.2 Å². The van der Waals surface area contributed by atoms with Crippen molar-refractivity contribution in [2.75, 3.05) is 6.54 Å². The second-order valence-corrected chi connectivity index (χ2v) is 5.30. The SMILES string of the molecule is OC(CNCc1cnc2cnccn12)C1CCCC1. The monoisotopic (exact) mass is 260 g/mol. The van der Waals surface area contributed by atoms with Crippen LogP contribution < -0.4 is 5.32 Å². The molecule has 0 radical (unpaired) electrons. The Bertz CT molecular complexity index is 533. The van der Waals surface area contributed by atoms with E-state index in [2.05, 4.69) is 15.3 Å². The Balaban J connectivity index is 1.54. The van der Waals surface area contributed by atoms with Gasteiger partial charge in [0.1, 0.15) is 0 Å². The molecule has 1 saturated carbocycles. The van der Waals surface area contributed by atoms with Gasteiger partial charge in [0.2, 0.25) is 0 Å². The largest absolute Gasteiger partial charge is 0.392 e. The molecule has 1 fully saturated rings. The van der Waals surface area contributed by atoms with E-state index < -0.39 is 0 Å². The smallest absolute Gasteiger partial charge is 0.155 e. The molecule has 19 heavy (non-hydrogen) atoms. The van der Waals surface area contributed by atoms with Gasteiger partial charge >= 0.3 is 0 Å². The van der Waals surface area contributed by atoms with Gasteiger partial charge in [-0.2, -0.15) is 0 Å². The van der Waals surface area contributed by atoms with E-state index in [1.54, 1.807) is 12.4 Å². The van der Waals surface area contributed by atoms with Gasteiger partial charge in [-0.1, -0.05) is 12.8 Å². The van der Waals surface area contributed by atoms with Crippen LogP contribution in [0.25, 0.3) is 5.65 Å². The van der Waals surface area contributed by atoms with Crippen molar-refractivity contribution in [2.24, 2.45) is 5.92 Å². The van der Waals surface area contributed by atoms with Crippen LogP contribution >= 0.6 is 0 Å². The number of rotatable bonds is 5. The highest BCUT2D eigenvalue weighted by molar-refractivity contribution is 5.36. The fourth-order valence-electron chi connectivity index (χ4n) is 2.88. The second-order valence-electron chi connectivity index (χ2n) is 5.30. The van der Waals surface area contributed by atoms with Crippen LogP contribution in [0.3, 0.4) is 0 Å². The zero-order valence-corrected chi connectivity index (χ0v) is 11.0. The predicted octanol–water partition coefficient (Wildman–Crippen LogP) is 1.37. The molecule has 1 aliphatic carbocycles. The number of hydrogen-bond acceptors (Lipinski definition) is 4. The maximum Gasteiger partial charge on any atom is 0.155 e. The minimum Gasteiger partial charge on any atom is -0.392 e. The van der Waals surface area contributed by atoms with Gasteiger partial charge in [-0.05, 0) is 18.8 Å². The lowest BCUT2D eigenvalue weighted by Crippen LogP contribution is -2.31. The first-order chi connectivity index (χ1) is 9.34. The molecule has 1 atom stereocenters. The molecule has 1 unspecified atom stereocenters. The molecule has 0 aliphatic heterocycles. The van der Waals surface area contributed by atoms with Gasteiger partial charge in [0, 0.05) is 25.5 Å². The summed E-state index contributed by atoms with van der Waals surface area (Å²) in [4.78, 5) is 8.34. The third-order valence-corrected chi connectivity index (χ3v) is 4.00. The Kier molecular flexibility index (Phi) is 3.75. The van der Waals surface area contributed by atoms with Crippen LogP contribution in [-0.2, 0) is 6.54 Å². The maximum atomic E-state index is 10.1. The molecule has 5 heteroatoms. The topological polar surface area (TPSA) is 62.5 Å². The molecular formula is C14H20N4O. The van der Waals surface area contributed by atoms with Crippen LogP contribution in [0.1, 0.15) is 31.4 Å². The lowest BCUT2D eigenvalue weighted by molar-refractivity contribution is 0.109. The van der Waals surface area contributed by atoms with E-state index in [0.29, 0.717) is 12.5 Å². The third kappa shape index (κ3) is 2.77. The number of nitrogens with zero attached hydrogens (tertiary/aromatic N) is 3. The van der Waals surface area contributed by atoms with Gasteiger partial charge in [-0.3, -0.25) is 9.38 Å². The molecule has 2 N–H and O–H groups in total. The molecule has 102 valence electrons.